The molecule has 1 N–H and O–H groups in total. The van der Waals surface area contributed by atoms with Gasteiger partial charge >= 0.3 is 11.9 Å². The third-order valence-corrected chi connectivity index (χ3v) is 4.24. The third kappa shape index (κ3) is 3.52. The lowest BCUT2D eigenvalue weighted by Gasteiger charge is -2.27. The molecule has 2 aromatic carbocycles. The van der Waals surface area contributed by atoms with Gasteiger partial charge in [-0.2, -0.15) is 0 Å². The van der Waals surface area contributed by atoms with Gasteiger partial charge in [0.05, 0.1) is 33.3 Å². The Kier molecular flexibility index (Phi) is 5.21. The first-order chi connectivity index (χ1) is 11.7. The normalized spacial score (nSPS) is 11.2. The van der Waals surface area contributed by atoms with Crippen LogP contribution in [0.5, 0.6) is 11.5 Å². The molecule has 0 aliphatic rings. The van der Waals surface area contributed by atoms with Gasteiger partial charge in [-0.05, 0) is 29.8 Å². The highest BCUT2D eigenvalue weighted by atomic mass is 16.5. The number of fused-ring (bicyclic) bond motifs is 1. The second kappa shape index (κ2) is 7.01. The van der Waals surface area contributed by atoms with Crippen molar-refractivity contribution < 1.29 is 28.9 Å². The van der Waals surface area contributed by atoms with E-state index < -0.39 is 17.4 Å². The molecule has 134 valence electrons. The molecule has 2 aromatic rings. The molecule has 0 heterocycles. The van der Waals surface area contributed by atoms with Crippen LogP contribution in [0, 0.1) is 0 Å². The van der Waals surface area contributed by atoms with Gasteiger partial charge in [-0.1, -0.05) is 13.8 Å². The van der Waals surface area contributed by atoms with E-state index in [0.717, 1.165) is 5.39 Å². The molecule has 0 atom stereocenters. The molecule has 25 heavy (non-hydrogen) atoms. The zero-order chi connectivity index (χ0) is 18.8. The summed E-state index contributed by atoms with van der Waals surface area (Å²) in [5.74, 6) is -0.355. The van der Waals surface area contributed by atoms with Crippen LogP contribution < -0.4 is 9.47 Å². The number of carboxylic acid groups (broad SMARTS) is 1. The number of hydrogen-bond acceptors (Lipinski definition) is 5. The van der Waals surface area contributed by atoms with E-state index in [2.05, 4.69) is 0 Å². The molecule has 6 nitrogen and oxygen atoms in total. The second-order valence-electron chi connectivity index (χ2n) is 6.36. The van der Waals surface area contributed by atoms with Crippen molar-refractivity contribution in [3.63, 3.8) is 0 Å². The van der Waals surface area contributed by atoms with Crippen LogP contribution in [-0.2, 0) is 14.9 Å². The fourth-order valence-corrected chi connectivity index (χ4v) is 3.00. The first-order valence-electron chi connectivity index (χ1n) is 7.74. The number of hydrogen-bond donors (Lipinski definition) is 1. The zero-order valence-corrected chi connectivity index (χ0v) is 15.0. The molecule has 0 radical (unpaired) electrons. The van der Waals surface area contributed by atoms with Crippen LogP contribution >= 0.6 is 0 Å². The summed E-state index contributed by atoms with van der Waals surface area (Å²) in [6, 6.07) is 7.01. The summed E-state index contributed by atoms with van der Waals surface area (Å²) in [6.07, 6.45) is -0.143. The van der Waals surface area contributed by atoms with Gasteiger partial charge in [-0.3, -0.25) is 4.79 Å². The Hall–Kier alpha value is -2.76. The second-order valence-corrected chi connectivity index (χ2v) is 6.36. The number of aliphatic carboxylic acids is 1. The van der Waals surface area contributed by atoms with Gasteiger partial charge in [0.15, 0.2) is 0 Å². The minimum absolute atomic E-state index is 0.143. The Labute approximate surface area is 146 Å². The van der Waals surface area contributed by atoms with E-state index in [1.165, 1.54) is 21.3 Å². The van der Waals surface area contributed by atoms with Crippen molar-refractivity contribution in [1.82, 2.24) is 0 Å². The predicted molar refractivity (Wildman–Crippen MR) is 93.7 cm³/mol. The first kappa shape index (κ1) is 18.6. The summed E-state index contributed by atoms with van der Waals surface area (Å²) in [6.45, 7) is 3.54. The fraction of sp³-hybridized carbons (Fsp3) is 0.368. The van der Waals surface area contributed by atoms with Crippen molar-refractivity contribution in [2.45, 2.75) is 25.7 Å². The monoisotopic (exact) mass is 346 g/mol. The maximum absolute atomic E-state index is 12.5. The molecule has 6 heteroatoms. The average molecular weight is 346 g/mol. The van der Waals surface area contributed by atoms with Crippen LogP contribution in [0.4, 0.5) is 0 Å². The summed E-state index contributed by atoms with van der Waals surface area (Å²) in [4.78, 5) is 23.8. The predicted octanol–water partition coefficient (Wildman–Crippen LogP) is 3.40. The van der Waals surface area contributed by atoms with E-state index in [4.69, 9.17) is 14.2 Å². The molecule has 0 fully saturated rings. The highest BCUT2D eigenvalue weighted by molar-refractivity contribution is 6.08. The van der Waals surface area contributed by atoms with E-state index in [-0.39, 0.29) is 6.42 Å². The van der Waals surface area contributed by atoms with Gasteiger partial charge < -0.3 is 19.3 Å². The molecule has 0 unspecified atom stereocenters. The van der Waals surface area contributed by atoms with E-state index in [1.54, 1.807) is 38.1 Å². The molecule has 0 saturated heterocycles. The van der Waals surface area contributed by atoms with Crippen LogP contribution in [0.3, 0.4) is 0 Å². The largest absolute Gasteiger partial charge is 0.497 e. The lowest BCUT2D eigenvalue weighted by Crippen LogP contribution is -2.25. The molecule has 0 bridgehead atoms. The number of methoxy groups -OCH3 is 3. The summed E-state index contributed by atoms with van der Waals surface area (Å²) >= 11 is 0. The van der Waals surface area contributed by atoms with Gasteiger partial charge in [0.2, 0.25) is 0 Å². The van der Waals surface area contributed by atoms with Gasteiger partial charge in [0.1, 0.15) is 11.5 Å². The Morgan fingerprint density at radius 1 is 1.04 bits per heavy atom. The topological polar surface area (TPSA) is 82.1 Å². The van der Waals surface area contributed by atoms with E-state index in [1.807, 2.05) is 0 Å². The van der Waals surface area contributed by atoms with Gasteiger partial charge in [0.25, 0.3) is 0 Å². The van der Waals surface area contributed by atoms with E-state index >= 15 is 0 Å². The molecule has 0 aliphatic heterocycles. The number of carboxylic acids is 1. The van der Waals surface area contributed by atoms with Crippen molar-refractivity contribution in [3.8, 4) is 11.5 Å². The van der Waals surface area contributed by atoms with Gasteiger partial charge in [0, 0.05) is 16.2 Å². The van der Waals surface area contributed by atoms with Gasteiger partial charge in [-0.15, -0.1) is 0 Å². The first-order valence-corrected chi connectivity index (χ1v) is 7.74. The van der Waals surface area contributed by atoms with Crippen molar-refractivity contribution in [1.29, 1.82) is 0 Å². The minimum Gasteiger partial charge on any atom is -0.497 e. The summed E-state index contributed by atoms with van der Waals surface area (Å²) in [5.41, 5.74) is 0.0719. The van der Waals surface area contributed by atoms with Crippen molar-refractivity contribution >= 4 is 22.7 Å². The highest BCUT2D eigenvalue weighted by Crippen LogP contribution is 2.40. The van der Waals surface area contributed by atoms with Crippen molar-refractivity contribution in [2.75, 3.05) is 21.3 Å². The number of esters is 1. The lowest BCUT2D eigenvalue weighted by molar-refractivity contribution is -0.138. The standard InChI is InChI=1S/C19H22O6/c1-19(2,10-16(20)21)14-9-15(24-4)12-7-6-11(23-3)8-13(12)17(14)18(22)25-5/h6-9H,10H2,1-5H3,(H,20,21). The van der Waals surface area contributed by atoms with Crippen LogP contribution in [-0.4, -0.2) is 38.4 Å². The zero-order valence-electron chi connectivity index (χ0n) is 15.0. The average Bonchev–Trinajstić information content (AvgIpc) is 2.57. The number of rotatable bonds is 6. The fourth-order valence-electron chi connectivity index (χ4n) is 3.00. The molecular weight excluding hydrogens is 324 g/mol. The highest BCUT2D eigenvalue weighted by Gasteiger charge is 2.32. The molecule has 0 spiro atoms. The van der Waals surface area contributed by atoms with Crippen LogP contribution in [0.15, 0.2) is 24.3 Å². The number of ether oxygens (including phenoxy) is 3. The SMILES string of the molecule is COC(=O)c1c(C(C)(C)CC(=O)O)cc(OC)c2ccc(OC)cc12. The van der Waals surface area contributed by atoms with Crippen LogP contribution in [0.2, 0.25) is 0 Å². The van der Waals surface area contributed by atoms with E-state index in [9.17, 15) is 14.7 Å². The summed E-state index contributed by atoms with van der Waals surface area (Å²) in [7, 11) is 4.37. The third-order valence-electron chi connectivity index (χ3n) is 4.24. The van der Waals surface area contributed by atoms with Gasteiger partial charge in [-0.25, -0.2) is 4.79 Å². The smallest absolute Gasteiger partial charge is 0.338 e. The van der Waals surface area contributed by atoms with Crippen LogP contribution in [0.1, 0.15) is 36.2 Å². The minimum atomic E-state index is -0.953. The Morgan fingerprint density at radius 2 is 1.72 bits per heavy atom. The molecule has 2 rings (SSSR count). The maximum atomic E-state index is 12.5. The Bertz CT molecular complexity index is 822. The lowest BCUT2D eigenvalue weighted by atomic mass is 9.77. The molecule has 0 aliphatic carbocycles. The van der Waals surface area contributed by atoms with E-state index in [0.29, 0.717) is 28.0 Å². The molecular formula is C19H22O6. The number of benzene rings is 2. The quantitative estimate of drug-likeness (QED) is 0.807. The van der Waals surface area contributed by atoms with Crippen LogP contribution in [0.25, 0.3) is 10.8 Å². The molecule has 0 aromatic heterocycles. The Morgan fingerprint density at radius 3 is 2.24 bits per heavy atom. The molecule has 0 amide bonds. The van der Waals surface area contributed by atoms with Crippen molar-refractivity contribution in [2.24, 2.45) is 0 Å². The number of carbonyl (C=O) groups excluding carboxylic acids is 1. The van der Waals surface area contributed by atoms with Crippen molar-refractivity contribution in [3.05, 3.63) is 35.4 Å². The summed E-state index contributed by atoms with van der Waals surface area (Å²) in [5, 5.41) is 10.6. The Balaban J connectivity index is 2.92. The number of carbonyl (C=O) groups is 2. The molecule has 0 saturated carbocycles. The maximum Gasteiger partial charge on any atom is 0.338 e. The summed E-state index contributed by atoms with van der Waals surface area (Å²) < 4.78 is 15.7.